The second-order valence-electron chi connectivity index (χ2n) is 4.24. The minimum atomic E-state index is -0.269. The summed E-state index contributed by atoms with van der Waals surface area (Å²) < 4.78 is 5.06. The number of benzene rings is 2. The lowest BCUT2D eigenvalue weighted by Crippen LogP contribution is -2.31. The first-order valence-corrected chi connectivity index (χ1v) is 6.52. The van der Waals surface area contributed by atoms with Crippen molar-refractivity contribution in [2.45, 2.75) is 0 Å². The fraction of sp³-hybridized carbons (Fsp3) is 0.267. The van der Waals surface area contributed by atoms with Gasteiger partial charge in [0, 0.05) is 11.9 Å². The molecule has 2 aromatic carbocycles. The van der Waals surface area contributed by atoms with E-state index >= 15 is 0 Å². The molecule has 5 heteroatoms. The van der Waals surface area contributed by atoms with E-state index in [-0.39, 0.29) is 19.2 Å². The Morgan fingerprint density at radius 3 is 2.75 bits per heavy atom. The maximum Gasteiger partial charge on any atom is 0.319 e. The highest BCUT2D eigenvalue weighted by Crippen LogP contribution is 2.22. The van der Waals surface area contributed by atoms with E-state index < -0.39 is 0 Å². The summed E-state index contributed by atoms with van der Waals surface area (Å²) in [7, 11) is 0. The third kappa shape index (κ3) is 3.94. The zero-order valence-corrected chi connectivity index (χ0v) is 11.1. The molecule has 5 nitrogen and oxygen atoms in total. The number of fused-ring (bicyclic) bond motifs is 1. The van der Waals surface area contributed by atoms with Crippen LogP contribution in [0.25, 0.3) is 10.8 Å². The molecule has 0 heterocycles. The molecule has 3 N–H and O–H groups in total. The molecule has 0 saturated heterocycles. The molecule has 0 aliphatic heterocycles. The Bertz CT molecular complexity index is 567. The van der Waals surface area contributed by atoms with Gasteiger partial charge in [0.15, 0.2) is 0 Å². The van der Waals surface area contributed by atoms with Crippen LogP contribution in [0.4, 0.5) is 10.5 Å². The third-order valence-electron chi connectivity index (χ3n) is 2.81. The number of nitrogens with one attached hydrogen (secondary N) is 2. The monoisotopic (exact) mass is 274 g/mol. The van der Waals surface area contributed by atoms with E-state index in [1.807, 2.05) is 42.5 Å². The number of urea groups is 1. The van der Waals surface area contributed by atoms with Crippen molar-refractivity contribution in [3.63, 3.8) is 0 Å². The lowest BCUT2D eigenvalue weighted by Gasteiger charge is -2.10. The molecule has 0 fully saturated rings. The first-order chi connectivity index (χ1) is 9.81. The maximum atomic E-state index is 11.8. The van der Waals surface area contributed by atoms with E-state index in [0.29, 0.717) is 13.2 Å². The molecule has 0 unspecified atom stereocenters. The van der Waals surface area contributed by atoms with Crippen molar-refractivity contribution in [1.82, 2.24) is 5.32 Å². The summed E-state index contributed by atoms with van der Waals surface area (Å²) in [5, 5.41) is 16.1. The minimum absolute atomic E-state index is 0.0117. The molecule has 2 rings (SSSR count). The smallest absolute Gasteiger partial charge is 0.319 e. The van der Waals surface area contributed by atoms with Gasteiger partial charge in [0.1, 0.15) is 0 Å². The SMILES string of the molecule is O=C(NCCOCCO)Nc1cccc2ccccc12. The number of amides is 2. The number of aliphatic hydroxyl groups excluding tert-OH is 1. The summed E-state index contributed by atoms with van der Waals surface area (Å²) in [6.45, 7) is 1.05. The summed E-state index contributed by atoms with van der Waals surface area (Å²) in [4.78, 5) is 11.8. The van der Waals surface area contributed by atoms with Crippen LogP contribution in [0, 0.1) is 0 Å². The Kier molecular flexibility index (Phi) is 5.34. The predicted octanol–water partition coefficient (Wildman–Crippen LogP) is 1.97. The van der Waals surface area contributed by atoms with Crippen LogP contribution >= 0.6 is 0 Å². The van der Waals surface area contributed by atoms with Gasteiger partial charge in [-0.1, -0.05) is 36.4 Å². The van der Waals surface area contributed by atoms with Crippen LogP contribution in [0.1, 0.15) is 0 Å². The van der Waals surface area contributed by atoms with Crippen molar-refractivity contribution in [3.05, 3.63) is 42.5 Å². The number of aliphatic hydroxyl groups is 1. The van der Waals surface area contributed by atoms with Gasteiger partial charge in [-0.05, 0) is 11.5 Å². The lowest BCUT2D eigenvalue weighted by atomic mass is 10.1. The fourth-order valence-corrected chi connectivity index (χ4v) is 1.90. The van der Waals surface area contributed by atoms with Gasteiger partial charge in [-0.2, -0.15) is 0 Å². The molecule has 0 aliphatic rings. The maximum absolute atomic E-state index is 11.8. The van der Waals surface area contributed by atoms with Crippen LogP contribution < -0.4 is 10.6 Å². The van der Waals surface area contributed by atoms with E-state index in [0.717, 1.165) is 16.5 Å². The highest BCUT2D eigenvalue weighted by molar-refractivity contribution is 6.01. The lowest BCUT2D eigenvalue weighted by molar-refractivity contribution is 0.0950. The molecule has 0 spiro atoms. The summed E-state index contributed by atoms with van der Waals surface area (Å²) >= 11 is 0. The molecule has 20 heavy (non-hydrogen) atoms. The van der Waals surface area contributed by atoms with Crippen LogP contribution in [-0.4, -0.2) is 37.5 Å². The zero-order valence-electron chi connectivity index (χ0n) is 11.1. The standard InChI is InChI=1S/C15H18N2O3/c18-9-11-20-10-8-16-15(19)17-14-7-3-5-12-4-1-2-6-13(12)14/h1-7,18H,8-11H2,(H2,16,17,19). The average molecular weight is 274 g/mol. The number of carbonyl (C=O) groups is 1. The van der Waals surface area contributed by atoms with Crippen molar-refractivity contribution >= 4 is 22.5 Å². The molecule has 0 aliphatic carbocycles. The highest BCUT2D eigenvalue weighted by atomic mass is 16.5. The third-order valence-corrected chi connectivity index (χ3v) is 2.81. The largest absolute Gasteiger partial charge is 0.394 e. The van der Waals surface area contributed by atoms with Crippen molar-refractivity contribution in [2.24, 2.45) is 0 Å². The first-order valence-electron chi connectivity index (χ1n) is 6.52. The molecule has 106 valence electrons. The van der Waals surface area contributed by atoms with Gasteiger partial charge < -0.3 is 20.5 Å². The highest BCUT2D eigenvalue weighted by Gasteiger charge is 2.04. The van der Waals surface area contributed by atoms with Crippen LogP contribution in [0.2, 0.25) is 0 Å². The Hall–Kier alpha value is -2.11. The van der Waals surface area contributed by atoms with Gasteiger partial charge >= 0.3 is 6.03 Å². The van der Waals surface area contributed by atoms with Crippen molar-refractivity contribution in [2.75, 3.05) is 31.7 Å². The molecular weight excluding hydrogens is 256 g/mol. The summed E-state index contributed by atoms with van der Waals surface area (Å²) in [5.41, 5.74) is 0.775. The van der Waals surface area contributed by atoms with Crippen LogP contribution in [0.5, 0.6) is 0 Å². The number of hydrogen-bond acceptors (Lipinski definition) is 3. The van der Waals surface area contributed by atoms with Gasteiger partial charge in [0.05, 0.1) is 25.5 Å². The van der Waals surface area contributed by atoms with Crippen LogP contribution in [0.3, 0.4) is 0 Å². The summed E-state index contributed by atoms with van der Waals surface area (Å²) in [5.74, 6) is 0. The van der Waals surface area contributed by atoms with Gasteiger partial charge in [-0.25, -0.2) is 4.79 Å². The predicted molar refractivity (Wildman–Crippen MR) is 78.9 cm³/mol. The Balaban J connectivity index is 1.90. The number of hydrogen-bond donors (Lipinski definition) is 3. The molecule has 2 aromatic rings. The molecule has 0 saturated carbocycles. The Labute approximate surface area is 117 Å². The second kappa shape index (κ2) is 7.47. The summed E-state index contributed by atoms with van der Waals surface area (Å²) in [6.07, 6.45) is 0. The Morgan fingerprint density at radius 1 is 1.10 bits per heavy atom. The Morgan fingerprint density at radius 2 is 1.90 bits per heavy atom. The van der Waals surface area contributed by atoms with Crippen molar-refractivity contribution < 1.29 is 14.6 Å². The van der Waals surface area contributed by atoms with Crippen molar-refractivity contribution in [1.29, 1.82) is 0 Å². The molecule has 2 amide bonds. The van der Waals surface area contributed by atoms with Crippen LogP contribution in [-0.2, 0) is 4.74 Å². The topological polar surface area (TPSA) is 70.6 Å². The van der Waals surface area contributed by atoms with Crippen molar-refractivity contribution in [3.8, 4) is 0 Å². The zero-order chi connectivity index (χ0) is 14.2. The fourth-order valence-electron chi connectivity index (χ4n) is 1.90. The van der Waals surface area contributed by atoms with E-state index in [1.165, 1.54) is 0 Å². The quantitative estimate of drug-likeness (QED) is 0.705. The number of carbonyl (C=O) groups excluding carboxylic acids is 1. The normalized spacial score (nSPS) is 10.4. The first kappa shape index (κ1) is 14.3. The summed E-state index contributed by atoms with van der Waals surface area (Å²) in [6, 6.07) is 13.4. The molecule has 0 aromatic heterocycles. The van der Waals surface area contributed by atoms with Gasteiger partial charge in [-0.3, -0.25) is 0 Å². The van der Waals surface area contributed by atoms with Gasteiger partial charge in [0.25, 0.3) is 0 Å². The molecule has 0 radical (unpaired) electrons. The number of anilines is 1. The van der Waals surface area contributed by atoms with Gasteiger partial charge in [-0.15, -0.1) is 0 Å². The van der Waals surface area contributed by atoms with E-state index in [9.17, 15) is 4.79 Å². The average Bonchev–Trinajstić information content (AvgIpc) is 2.47. The minimum Gasteiger partial charge on any atom is -0.394 e. The van der Waals surface area contributed by atoms with E-state index in [1.54, 1.807) is 0 Å². The number of ether oxygens (including phenoxy) is 1. The number of rotatable bonds is 6. The molecular formula is C15H18N2O3. The second-order valence-corrected chi connectivity index (χ2v) is 4.24. The van der Waals surface area contributed by atoms with E-state index in [2.05, 4.69) is 10.6 Å². The van der Waals surface area contributed by atoms with E-state index in [4.69, 9.17) is 9.84 Å². The molecule has 0 atom stereocenters. The molecule has 0 bridgehead atoms. The van der Waals surface area contributed by atoms with Gasteiger partial charge in [0.2, 0.25) is 0 Å². The van der Waals surface area contributed by atoms with Crippen LogP contribution in [0.15, 0.2) is 42.5 Å².